The summed E-state index contributed by atoms with van der Waals surface area (Å²) in [6.45, 7) is 10.7. The van der Waals surface area contributed by atoms with Crippen molar-refractivity contribution in [1.29, 1.82) is 0 Å². The first-order valence-electron chi connectivity index (χ1n) is 4.54. The Morgan fingerprint density at radius 1 is 1.42 bits per heavy atom. The van der Waals surface area contributed by atoms with E-state index < -0.39 is 0 Å². The molecule has 0 amide bonds. The van der Waals surface area contributed by atoms with Gasteiger partial charge in [0.1, 0.15) is 0 Å². The maximum absolute atomic E-state index is 4.03. The average molecular weight is 162 g/mol. The van der Waals surface area contributed by atoms with Crippen LogP contribution < -0.4 is 0 Å². The third kappa shape index (κ3) is 2.37. The molecule has 0 heteroatoms. The molecule has 0 bridgehead atoms. The number of hydrogen-bond donors (Lipinski definition) is 0. The van der Waals surface area contributed by atoms with Gasteiger partial charge < -0.3 is 0 Å². The molecule has 1 aliphatic carbocycles. The van der Waals surface area contributed by atoms with Gasteiger partial charge in [-0.25, -0.2) is 0 Å². The second-order valence-corrected chi connectivity index (χ2v) is 4.40. The minimum absolute atomic E-state index is 0.403. The molecule has 0 unspecified atom stereocenters. The molecule has 0 fully saturated rings. The van der Waals surface area contributed by atoms with Gasteiger partial charge in [-0.3, -0.25) is 0 Å². The van der Waals surface area contributed by atoms with Gasteiger partial charge in [-0.2, -0.15) is 0 Å². The van der Waals surface area contributed by atoms with Crippen LogP contribution in [0.3, 0.4) is 0 Å². The summed E-state index contributed by atoms with van der Waals surface area (Å²) in [4.78, 5) is 0. The van der Waals surface area contributed by atoms with Crippen LogP contribution in [0.2, 0.25) is 0 Å². The van der Waals surface area contributed by atoms with Crippen molar-refractivity contribution < 1.29 is 0 Å². The van der Waals surface area contributed by atoms with Gasteiger partial charge in [0.25, 0.3) is 0 Å². The predicted octanol–water partition coefficient (Wildman–Crippen LogP) is 3.87. The Morgan fingerprint density at radius 2 is 2.08 bits per heavy atom. The molecule has 66 valence electrons. The van der Waals surface area contributed by atoms with Crippen molar-refractivity contribution >= 4 is 0 Å². The Bertz CT molecular complexity index is 239. The van der Waals surface area contributed by atoms with Gasteiger partial charge in [-0.1, -0.05) is 44.2 Å². The van der Waals surface area contributed by atoms with E-state index in [1.54, 1.807) is 0 Å². The van der Waals surface area contributed by atoms with Crippen LogP contribution in [-0.2, 0) is 0 Å². The molecule has 0 aromatic carbocycles. The number of hydrogen-bond acceptors (Lipinski definition) is 0. The molecular formula is C12H18. The van der Waals surface area contributed by atoms with Crippen LogP contribution in [-0.4, -0.2) is 0 Å². The molecule has 0 N–H and O–H groups in total. The summed E-state index contributed by atoms with van der Waals surface area (Å²) in [6.07, 6.45) is 8.81. The zero-order valence-corrected chi connectivity index (χ0v) is 8.35. The lowest BCUT2D eigenvalue weighted by Crippen LogP contribution is -2.16. The highest BCUT2D eigenvalue weighted by Gasteiger charge is 2.23. The Kier molecular flexibility index (Phi) is 2.56. The molecule has 0 saturated heterocycles. The lowest BCUT2D eigenvalue weighted by molar-refractivity contribution is 0.355. The summed E-state index contributed by atoms with van der Waals surface area (Å²) in [5.41, 5.74) is 3.08. The predicted molar refractivity (Wildman–Crippen MR) is 55.1 cm³/mol. The maximum Gasteiger partial charge on any atom is -0.0224 e. The van der Waals surface area contributed by atoms with E-state index in [2.05, 4.69) is 45.6 Å². The fourth-order valence-corrected chi connectivity index (χ4v) is 1.92. The SMILES string of the molecule is C=C1C=C(/C=C/C)CC(C)(C)C1. The van der Waals surface area contributed by atoms with E-state index in [9.17, 15) is 0 Å². The summed E-state index contributed by atoms with van der Waals surface area (Å²) < 4.78 is 0. The summed E-state index contributed by atoms with van der Waals surface area (Å²) in [6, 6.07) is 0. The first-order chi connectivity index (χ1) is 5.53. The van der Waals surface area contributed by atoms with Crippen LogP contribution >= 0.6 is 0 Å². The highest BCUT2D eigenvalue weighted by Crippen LogP contribution is 2.37. The van der Waals surface area contributed by atoms with E-state index in [-0.39, 0.29) is 0 Å². The van der Waals surface area contributed by atoms with Crippen LogP contribution in [0.1, 0.15) is 33.6 Å². The standard InChI is InChI=1S/C12H18/c1-5-6-11-7-10(2)8-12(3,4)9-11/h5-7H,2,8-9H2,1,3-4H3/b6-5+. The lowest BCUT2D eigenvalue weighted by Gasteiger charge is -2.29. The minimum Gasteiger partial charge on any atom is -0.0958 e. The van der Waals surface area contributed by atoms with Crippen LogP contribution in [0.4, 0.5) is 0 Å². The first-order valence-corrected chi connectivity index (χ1v) is 4.54. The van der Waals surface area contributed by atoms with Gasteiger partial charge in [-0.15, -0.1) is 0 Å². The molecule has 1 aliphatic rings. The van der Waals surface area contributed by atoms with E-state index in [0.717, 1.165) is 6.42 Å². The summed E-state index contributed by atoms with van der Waals surface area (Å²) in [5.74, 6) is 0. The van der Waals surface area contributed by atoms with Crippen LogP contribution in [0.15, 0.2) is 36.0 Å². The molecule has 0 spiro atoms. The van der Waals surface area contributed by atoms with E-state index in [1.165, 1.54) is 17.6 Å². The molecular weight excluding hydrogens is 144 g/mol. The molecule has 0 nitrogen and oxygen atoms in total. The lowest BCUT2D eigenvalue weighted by atomic mass is 9.75. The molecule has 0 heterocycles. The second kappa shape index (κ2) is 3.30. The van der Waals surface area contributed by atoms with E-state index in [0.29, 0.717) is 5.41 Å². The average Bonchev–Trinajstić information content (AvgIpc) is 1.82. The normalized spacial score (nSPS) is 22.9. The van der Waals surface area contributed by atoms with Crippen LogP contribution in [0, 0.1) is 5.41 Å². The van der Waals surface area contributed by atoms with E-state index in [1.807, 2.05) is 0 Å². The second-order valence-electron chi connectivity index (χ2n) is 4.40. The zero-order valence-electron chi connectivity index (χ0n) is 8.35. The molecule has 1 rings (SSSR count). The van der Waals surface area contributed by atoms with Crippen molar-refractivity contribution in [2.45, 2.75) is 33.6 Å². The van der Waals surface area contributed by atoms with Crippen molar-refractivity contribution in [2.75, 3.05) is 0 Å². The Morgan fingerprint density at radius 3 is 2.58 bits per heavy atom. The quantitative estimate of drug-likeness (QED) is 0.549. The van der Waals surface area contributed by atoms with Crippen molar-refractivity contribution in [3.63, 3.8) is 0 Å². The third-order valence-corrected chi connectivity index (χ3v) is 2.16. The van der Waals surface area contributed by atoms with Crippen molar-refractivity contribution in [1.82, 2.24) is 0 Å². The van der Waals surface area contributed by atoms with Gasteiger partial charge in [0, 0.05) is 0 Å². The fraction of sp³-hybridized carbons (Fsp3) is 0.500. The molecule has 0 aliphatic heterocycles. The first kappa shape index (κ1) is 9.31. The Balaban J connectivity index is 2.83. The van der Waals surface area contributed by atoms with Crippen molar-refractivity contribution in [3.8, 4) is 0 Å². The summed E-state index contributed by atoms with van der Waals surface area (Å²) >= 11 is 0. The molecule has 0 aromatic rings. The fourth-order valence-electron chi connectivity index (χ4n) is 1.92. The van der Waals surface area contributed by atoms with Gasteiger partial charge in [0.2, 0.25) is 0 Å². The topological polar surface area (TPSA) is 0 Å². The molecule has 12 heavy (non-hydrogen) atoms. The monoisotopic (exact) mass is 162 g/mol. The third-order valence-electron chi connectivity index (χ3n) is 2.16. The molecule has 0 saturated carbocycles. The van der Waals surface area contributed by atoms with Gasteiger partial charge in [0.15, 0.2) is 0 Å². The van der Waals surface area contributed by atoms with Gasteiger partial charge in [0.05, 0.1) is 0 Å². The van der Waals surface area contributed by atoms with Gasteiger partial charge in [-0.05, 0) is 30.8 Å². The Hall–Kier alpha value is -0.780. The summed E-state index contributed by atoms with van der Waals surface area (Å²) in [5, 5.41) is 0. The smallest absolute Gasteiger partial charge is 0.0224 e. The van der Waals surface area contributed by atoms with Crippen LogP contribution in [0.5, 0.6) is 0 Å². The highest BCUT2D eigenvalue weighted by molar-refractivity contribution is 5.33. The molecule has 0 atom stereocenters. The molecule has 0 aromatic heterocycles. The maximum atomic E-state index is 4.03. The Labute approximate surface area is 75.7 Å². The van der Waals surface area contributed by atoms with Crippen molar-refractivity contribution in [3.05, 3.63) is 36.0 Å². The van der Waals surface area contributed by atoms with E-state index >= 15 is 0 Å². The number of rotatable bonds is 1. The highest BCUT2D eigenvalue weighted by atomic mass is 14.3. The van der Waals surface area contributed by atoms with Gasteiger partial charge >= 0.3 is 0 Å². The summed E-state index contributed by atoms with van der Waals surface area (Å²) in [7, 11) is 0. The number of allylic oxidation sites excluding steroid dienone is 5. The van der Waals surface area contributed by atoms with Crippen molar-refractivity contribution in [2.24, 2.45) is 5.41 Å². The van der Waals surface area contributed by atoms with Crippen LogP contribution in [0.25, 0.3) is 0 Å². The largest absolute Gasteiger partial charge is 0.0958 e. The van der Waals surface area contributed by atoms with E-state index in [4.69, 9.17) is 0 Å². The molecule has 0 radical (unpaired) electrons. The zero-order chi connectivity index (χ0) is 9.19. The minimum atomic E-state index is 0.403.